The van der Waals surface area contributed by atoms with E-state index in [1.807, 2.05) is 19.1 Å². The Labute approximate surface area is 200 Å². The van der Waals surface area contributed by atoms with Crippen molar-refractivity contribution in [2.45, 2.75) is 44.4 Å². The predicted molar refractivity (Wildman–Crippen MR) is 131 cm³/mol. The zero-order valence-electron chi connectivity index (χ0n) is 20.2. The molecule has 2 bridgehead atoms. The van der Waals surface area contributed by atoms with Gasteiger partial charge in [0.2, 0.25) is 0 Å². The molecule has 5 rings (SSSR count). The number of anilines is 1. The summed E-state index contributed by atoms with van der Waals surface area (Å²) in [6.07, 6.45) is 3.60. The first-order valence-corrected chi connectivity index (χ1v) is 11.9. The molecule has 8 heteroatoms. The highest BCUT2D eigenvalue weighted by Crippen LogP contribution is 2.35. The van der Waals surface area contributed by atoms with Crippen LogP contribution in [0.5, 0.6) is 11.5 Å². The molecule has 2 aromatic carbocycles. The van der Waals surface area contributed by atoms with Gasteiger partial charge in [0.25, 0.3) is 0 Å². The van der Waals surface area contributed by atoms with Gasteiger partial charge in [0.05, 0.1) is 38.2 Å². The lowest BCUT2D eigenvalue weighted by atomic mass is 9.94. The van der Waals surface area contributed by atoms with Gasteiger partial charge in [-0.05, 0) is 56.0 Å². The second kappa shape index (κ2) is 9.18. The highest BCUT2D eigenvalue weighted by molar-refractivity contribution is 6.14. The average Bonchev–Trinajstić information content (AvgIpc) is 3.13. The number of hydrogen-bond acceptors (Lipinski definition) is 6. The summed E-state index contributed by atoms with van der Waals surface area (Å²) in [5.41, 5.74) is 4.85. The fourth-order valence-electron chi connectivity index (χ4n) is 5.20. The number of carbonyl (C=O) groups excluding carboxylic acids is 1. The Morgan fingerprint density at radius 3 is 2.32 bits per heavy atom. The van der Waals surface area contributed by atoms with E-state index in [1.165, 1.54) is 10.7 Å². The Morgan fingerprint density at radius 1 is 1.06 bits per heavy atom. The maximum Gasteiger partial charge on any atom is 0.337 e. The summed E-state index contributed by atoms with van der Waals surface area (Å²) in [5.74, 6) is 1.30. The zero-order valence-corrected chi connectivity index (χ0v) is 20.2. The van der Waals surface area contributed by atoms with E-state index in [9.17, 15) is 4.79 Å². The molecule has 3 aliphatic rings. The highest BCUT2D eigenvalue weighted by atomic mass is 16.5. The number of rotatable bonds is 4. The van der Waals surface area contributed by atoms with Crippen LogP contribution in [0.2, 0.25) is 0 Å². The minimum atomic E-state index is -0.239. The Morgan fingerprint density at radius 2 is 1.71 bits per heavy atom. The minimum absolute atomic E-state index is 0.127. The van der Waals surface area contributed by atoms with E-state index in [0.29, 0.717) is 30.1 Å². The molecule has 3 heterocycles. The lowest BCUT2D eigenvalue weighted by Crippen LogP contribution is -2.42. The monoisotopic (exact) mass is 464 g/mol. The van der Waals surface area contributed by atoms with Gasteiger partial charge >= 0.3 is 6.03 Å². The first-order chi connectivity index (χ1) is 16.5. The van der Waals surface area contributed by atoms with Crippen LogP contribution >= 0.6 is 0 Å². The number of morpholine rings is 1. The number of carbonyl (C=O) groups is 1. The molecule has 2 amide bonds. The van der Waals surface area contributed by atoms with Crippen molar-refractivity contribution in [3.8, 4) is 11.5 Å². The van der Waals surface area contributed by atoms with Crippen LogP contribution in [0.4, 0.5) is 10.5 Å². The predicted octanol–water partition coefficient (Wildman–Crippen LogP) is 3.41. The van der Waals surface area contributed by atoms with Gasteiger partial charge in [-0.3, -0.25) is 0 Å². The second-order valence-corrected chi connectivity index (χ2v) is 9.18. The molecule has 8 nitrogen and oxygen atoms in total. The molecule has 34 heavy (non-hydrogen) atoms. The van der Waals surface area contributed by atoms with E-state index in [0.717, 1.165) is 48.3 Å². The SMILES string of the molecule is CNC(=O)N1N=C(c2ccc(N3CC4CCC(C3)O4)cc2)c2cc(OC)c(OC)cc2C[C@H]1C. The molecule has 2 unspecified atom stereocenters. The summed E-state index contributed by atoms with van der Waals surface area (Å²) in [6.45, 7) is 3.86. The first kappa shape index (κ1) is 22.5. The average molecular weight is 465 g/mol. The van der Waals surface area contributed by atoms with Crippen LogP contribution in [0.1, 0.15) is 36.5 Å². The number of hydrogen-bond donors (Lipinski definition) is 1. The van der Waals surface area contributed by atoms with Crippen LogP contribution in [-0.4, -0.2) is 69.4 Å². The number of hydrazone groups is 1. The summed E-state index contributed by atoms with van der Waals surface area (Å²) in [4.78, 5) is 15.1. The quantitative estimate of drug-likeness (QED) is 0.751. The smallest absolute Gasteiger partial charge is 0.337 e. The van der Waals surface area contributed by atoms with Crippen molar-refractivity contribution in [2.24, 2.45) is 5.10 Å². The van der Waals surface area contributed by atoms with E-state index in [2.05, 4.69) is 34.5 Å². The number of fused-ring (bicyclic) bond motifs is 3. The van der Waals surface area contributed by atoms with Gasteiger partial charge in [-0.1, -0.05) is 12.1 Å². The summed E-state index contributed by atoms with van der Waals surface area (Å²) in [5, 5.41) is 9.10. The largest absolute Gasteiger partial charge is 0.493 e. The Bertz CT molecular complexity index is 1090. The van der Waals surface area contributed by atoms with Gasteiger partial charge < -0.3 is 24.4 Å². The number of amides is 2. The molecule has 0 spiro atoms. The van der Waals surface area contributed by atoms with Crippen molar-refractivity contribution < 1.29 is 19.0 Å². The molecule has 3 atom stereocenters. The van der Waals surface area contributed by atoms with Crippen LogP contribution in [-0.2, 0) is 11.2 Å². The van der Waals surface area contributed by atoms with Crippen LogP contribution in [0.25, 0.3) is 0 Å². The maximum atomic E-state index is 12.7. The number of urea groups is 1. The van der Waals surface area contributed by atoms with Crippen molar-refractivity contribution in [1.82, 2.24) is 10.3 Å². The summed E-state index contributed by atoms with van der Waals surface area (Å²) >= 11 is 0. The molecule has 2 fully saturated rings. The molecule has 180 valence electrons. The Hall–Kier alpha value is -3.26. The molecule has 2 saturated heterocycles. The summed E-state index contributed by atoms with van der Waals surface area (Å²) < 4.78 is 17.1. The summed E-state index contributed by atoms with van der Waals surface area (Å²) in [6, 6.07) is 12.0. The van der Waals surface area contributed by atoms with Crippen molar-refractivity contribution in [2.75, 3.05) is 39.3 Å². The normalized spacial score (nSPS) is 23.6. The molecular weight excluding hydrogens is 432 g/mol. The fourth-order valence-corrected chi connectivity index (χ4v) is 5.20. The van der Waals surface area contributed by atoms with Crippen molar-refractivity contribution in [3.63, 3.8) is 0 Å². The summed E-state index contributed by atoms with van der Waals surface area (Å²) in [7, 11) is 4.88. The molecule has 0 radical (unpaired) electrons. The van der Waals surface area contributed by atoms with E-state index in [-0.39, 0.29) is 12.1 Å². The number of methoxy groups -OCH3 is 2. The second-order valence-electron chi connectivity index (χ2n) is 9.18. The van der Waals surface area contributed by atoms with Crippen molar-refractivity contribution in [3.05, 3.63) is 53.1 Å². The van der Waals surface area contributed by atoms with Crippen LogP contribution < -0.4 is 19.7 Å². The standard InChI is InChI=1S/C26H32N4O4/c1-16-11-18-12-23(32-3)24(33-4)13-22(18)25(28-30(16)26(31)27-2)17-5-7-19(8-6-17)29-14-20-9-10-21(15-29)34-20/h5-8,12-13,16,20-21H,9-11,14-15H2,1-4H3,(H,27,31)/t16-,20?,21?/m1/s1. The van der Waals surface area contributed by atoms with E-state index in [4.69, 9.17) is 19.3 Å². The third-order valence-corrected chi connectivity index (χ3v) is 6.98. The van der Waals surface area contributed by atoms with E-state index < -0.39 is 0 Å². The third kappa shape index (κ3) is 4.07. The fraction of sp³-hybridized carbons (Fsp3) is 0.462. The maximum absolute atomic E-state index is 12.7. The minimum Gasteiger partial charge on any atom is -0.493 e. The molecule has 0 aromatic heterocycles. The number of nitrogens with one attached hydrogen (secondary N) is 1. The van der Waals surface area contributed by atoms with Crippen LogP contribution in [0.15, 0.2) is 41.5 Å². The van der Waals surface area contributed by atoms with Gasteiger partial charge in [0, 0.05) is 37.0 Å². The van der Waals surface area contributed by atoms with Crippen molar-refractivity contribution >= 4 is 17.4 Å². The molecule has 2 aromatic rings. The Balaban J connectivity index is 1.55. The molecule has 1 N–H and O–H groups in total. The number of nitrogens with zero attached hydrogens (tertiary/aromatic N) is 3. The highest BCUT2D eigenvalue weighted by Gasteiger charge is 2.34. The van der Waals surface area contributed by atoms with Gasteiger partial charge in [0.15, 0.2) is 11.5 Å². The van der Waals surface area contributed by atoms with Crippen molar-refractivity contribution in [1.29, 1.82) is 0 Å². The molecule has 0 saturated carbocycles. The van der Waals surface area contributed by atoms with E-state index in [1.54, 1.807) is 21.3 Å². The van der Waals surface area contributed by atoms with Gasteiger partial charge in [-0.2, -0.15) is 5.10 Å². The number of ether oxygens (including phenoxy) is 3. The molecular formula is C26H32N4O4. The van der Waals surface area contributed by atoms with Crippen LogP contribution in [0, 0.1) is 0 Å². The molecule has 0 aliphatic carbocycles. The van der Waals surface area contributed by atoms with Gasteiger partial charge in [-0.25, -0.2) is 9.80 Å². The van der Waals surface area contributed by atoms with E-state index >= 15 is 0 Å². The van der Waals surface area contributed by atoms with Gasteiger partial charge in [0.1, 0.15) is 0 Å². The lowest BCUT2D eigenvalue weighted by Gasteiger charge is -2.34. The molecule has 3 aliphatic heterocycles. The zero-order chi connectivity index (χ0) is 23.8. The first-order valence-electron chi connectivity index (χ1n) is 11.9. The Kier molecular flexibility index (Phi) is 6.08. The lowest BCUT2D eigenvalue weighted by molar-refractivity contribution is 0.0305. The van der Waals surface area contributed by atoms with Gasteiger partial charge in [-0.15, -0.1) is 0 Å². The number of benzene rings is 2. The topological polar surface area (TPSA) is 75.6 Å². The third-order valence-electron chi connectivity index (χ3n) is 6.98. The van der Waals surface area contributed by atoms with Crippen LogP contribution in [0.3, 0.4) is 0 Å².